The largest absolute Gasteiger partial charge is 0.458 e. The zero-order chi connectivity index (χ0) is 15.0. The van der Waals surface area contributed by atoms with Gasteiger partial charge in [-0.1, -0.05) is 43.4 Å². The Morgan fingerprint density at radius 3 is 2.95 bits per heavy atom. The van der Waals surface area contributed by atoms with Gasteiger partial charge in [-0.3, -0.25) is 0 Å². The molecule has 0 spiro atoms. The van der Waals surface area contributed by atoms with Crippen LogP contribution >= 0.6 is 0 Å². The van der Waals surface area contributed by atoms with Crippen LogP contribution in [0.4, 0.5) is 0 Å². The van der Waals surface area contributed by atoms with Crippen molar-refractivity contribution in [2.75, 3.05) is 6.61 Å². The first kappa shape index (κ1) is 14.4. The lowest BCUT2D eigenvalue weighted by molar-refractivity contribution is -0.136. The van der Waals surface area contributed by atoms with Crippen molar-refractivity contribution in [1.82, 2.24) is 0 Å². The van der Waals surface area contributed by atoms with Crippen molar-refractivity contribution in [3.05, 3.63) is 48.1 Å². The van der Waals surface area contributed by atoms with Crippen molar-refractivity contribution in [1.29, 1.82) is 0 Å². The Morgan fingerprint density at radius 2 is 2.24 bits per heavy atom. The van der Waals surface area contributed by atoms with Crippen molar-refractivity contribution < 1.29 is 9.53 Å². The summed E-state index contributed by atoms with van der Waals surface area (Å²) >= 11 is 0. The minimum absolute atomic E-state index is 0.133. The maximum Gasteiger partial charge on any atom is 0.334 e. The van der Waals surface area contributed by atoms with Gasteiger partial charge in [-0.05, 0) is 55.4 Å². The molecular formula is C19H24O2. The third-order valence-corrected chi connectivity index (χ3v) is 5.68. The van der Waals surface area contributed by atoms with E-state index in [1.165, 1.54) is 17.6 Å². The highest BCUT2D eigenvalue weighted by molar-refractivity contribution is 5.90. The summed E-state index contributed by atoms with van der Waals surface area (Å²) in [5.41, 5.74) is 3.67. The summed E-state index contributed by atoms with van der Waals surface area (Å²) in [7, 11) is 0. The Balaban J connectivity index is 1.78. The van der Waals surface area contributed by atoms with Crippen LogP contribution in [0.2, 0.25) is 0 Å². The molecular weight excluding hydrogens is 260 g/mol. The first-order chi connectivity index (χ1) is 10.0. The number of ether oxygens (including phenoxy) is 1. The second kappa shape index (κ2) is 5.32. The first-order valence-corrected chi connectivity index (χ1v) is 7.91. The Hall–Kier alpha value is -1.57. The van der Waals surface area contributed by atoms with Gasteiger partial charge >= 0.3 is 5.97 Å². The molecule has 3 rings (SSSR count). The minimum atomic E-state index is -0.133. The van der Waals surface area contributed by atoms with Gasteiger partial charge in [-0.2, -0.15) is 0 Å². The number of esters is 1. The van der Waals surface area contributed by atoms with Crippen LogP contribution in [0.1, 0.15) is 39.0 Å². The normalized spacial score (nSPS) is 35.5. The molecule has 1 saturated carbocycles. The van der Waals surface area contributed by atoms with Gasteiger partial charge in [0, 0.05) is 5.57 Å². The van der Waals surface area contributed by atoms with Crippen LogP contribution in [0.15, 0.2) is 48.1 Å². The first-order valence-electron chi connectivity index (χ1n) is 7.91. The summed E-state index contributed by atoms with van der Waals surface area (Å²) in [6, 6.07) is 0. The summed E-state index contributed by atoms with van der Waals surface area (Å²) < 4.78 is 5.00. The van der Waals surface area contributed by atoms with E-state index in [0.717, 1.165) is 31.3 Å². The molecule has 0 unspecified atom stereocenters. The van der Waals surface area contributed by atoms with E-state index in [2.05, 4.69) is 32.2 Å². The Morgan fingerprint density at radius 1 is 1.43 bits per heavy atom. The van der Waals surface area contributed by atoms with Crippen molar-refractivity contribution in [2.24, 2.45) is 17.3 Å². The lowest BCUT2D eigenvalue weighted by atomic mass is 9.54. The van der Waals surface area contributed by atoms with E-state index in [1.807, 2.05) is 6.08 Å². The number of cyclic esters (lactones) is 1. The van der Waals surface area contributed by atoms with Crippen molar-refractivity contribution in [3.63, 3.8) is 0 Å². The third kappa shape index (κ3) is 2.41. The van der Waals surface area contributed by atoms with Gasteiger partial charge in [0.05, 0.1) is 0 Å². The van der Waals surface area contributed by atoms with Crippen molar-refractivity contribution in [3.8, 4) is 0 Å². The van der Waals surface area contributed by atoms with E-state index in [9.17, 15) is 4.79 Å². The molecule has 0 aromatic rings. The quantitative estimate of drug-likeness (QED) is 0.569. The number of fused-ring (bicyclic) bond motifs is 1. The fourth-order valence-electron chi connectivity index (χ4n) is 4.45. The maximum absolute atomic E-state index is 11.6. The van der Waals surface area contributed by atoms with Crippen LogP contribution in [0.3, 0.4) is 0 Å². The fourth-order valence-corrected chi connectivity index (χ4v) is 4.45. The number of rotatable bonds is 3. The highest BCUT2D eigenvalue weighted by atomic mass is 16.5. The van der Waals surface area contributed by atoms with Gasteiger partial charge in [0.25, 0.3) is 0 Å². The van der Waals surface area contributed by atoms with Gasteiger partial charge < -0.3 is 4.74 Å². The van der Waals surface area contributed by atoms with Gasteiger partial charge in [-0.15, -0.1) is 0 Å². The molecule has 0 radical (unpaired) electrons. The predicted molar refractivity (Wildman–Crippen MR) is 84.6 cm³/mol. The molecule has 3 aliphatic rings. The smallest absolute Gasteiger partial charge is 0.334 e. The molecule has 3 atom stereocenters. The zero-order valence-corrected chi connectivity index (χ0v) is 12.9. The molecule has 1 aliphatic heterocycles. The van der Waals surface area contributed by atoms with Crippen LogP contribution in [-0.2, 0) is 9.53 Å². The van der Waals surface area contributed by atoms with E-state index in [-0.39, 0.29) is 11.4 Å². The number of hydrogen-bond donors (Lipinski definition) is 0. The lowest BCUT2D eigenvalue weighted by Gasteiger charge is -2.51. The zero-order valence-electron chi connectivity index (χ0n) is 12.9. The maximum atomic E-state index is 11.6. The number of carbonyl (C=O) groups excluding carboxylic acids is 1. The van der Waals surface area contributed by atoms with Crippen LogP contribution in [0.5, 0.6) is 0 Å². The second-order valence-corrected chi connectivity index (χ2v) is 6.86. The van der Waals surface area contributed by atoms with Gasteiger partial charge in [0.15, 0.2) is 0 Å². The summed E-state index contributed by atoms with van der Waals surface area (Å²) in [4.78, 5) is 11.6. The SMILES string of the molecule is C=C1C=CC[C@]2(C)[C@@H]1CCC(=C)[C@H]2CCC1=CCOC1=O. The van der Waals surface area contributed by atoms with Crippen molar-refractivity contribution in [2.45, 2.75) is 39.0 Å². The molecule has 0 saturated heterocycles. The number of carbonyl (C=O) groups is 1. The summed E-state index contributed by atoms with van der Waals surface area (Å²) in [6.07, 6.45) is 11.5. The van der Waals surface area contributed by atoms with E-state index < -0.39 is 0 Å². The molecule has 1 fully saturated rings. The van der Waals surface area contributed by atoms with Crippen LogP contribution < -0.4 is 0 Å². The average molecular weight is 284 g/mol. The number of hydrogen-bond acceptors (Lipinski definition) is 2. The molecule has 0 aromatic carbocycles. The Kier molecular flexibility index (Phi) is 3.64. The monoisotopic (exact) mass is 284 g/mol. The van der Waals surface area contributed by atoms with Gasteiger partial charge in [0.2, 0.25) is 0 Å². The third-order valence-electron chi connectivity index (χ3n) is 5.68. The van der Waals surface area contributed by atoms with E-state index >= 15 is 0 Å². The fraction of sp³-hybridized carbons (Fsp3) is 0.526. The number of allylic oxidation sites excluding steroid dienone is 4. The van der Waals surface area contributed by atoms with Crippen LogP contribution in [-0.4, -0.2) is 12.6 Å². The minimum Gasteiger partial charge on any atom is -0.458 e. The molecule has 2 aliphatic carbocycles. The van der Waals surface area contributed by atoms with Crippen LogP contribution in [0, 0.1) is 17.3 Å². The Labute approximate surface area is 127 Å². The standard InChI is InChI=1S/C19H24O2/c1-13-5-4-11-19(3)16(13)8-6-14(2)17(19)9-7-15-10-12-21-18(15)20/h4-5,10,16-17H,1-2,6-9,11-12H2,3H3/t16-,17-,19-/m1/s1. The molecule has 0 N–H and O–H groups in total. The van der Waals surface area contributed by atoms with E-state index in [1.54, 1.807) is 0 Å². The molecule has 0 amide bonds. The molecule has 2 heteroatoms. The highest BCUT2D eigenvalue weighted by Crippen LogP contribution is 2.55. The van der Waals surface area contributed by atoms with E-state index in [4.69, 9.17) is 4.74 Å². The van der Waals surface area contributed by atoms with Crippen molar-refractivity contribution >= 4 is 5.97 Å². The van der Waals surface area contributed by atoms with Gasteiger partial charge in [0.1, 0.15) is 6.61 Å². The summed E-state index contributed by atoms with van der Waals surface area (Å²) in [5, 5.41) is 0. The van der Waals surface area contributed by atoms with E-state index in [0.29, 0.717) is 18.4 Å². The molecule has 0 bridgehead atoms. The van der Waals surface area contributed by atoms with Gasteiger partial charge in [-0.25, -0.2) is 4.79 Å². The Bertz CT molecular complexity index is 552. The molecule has 21 heavy (non-hydrogen) atoms. The van der Waals surface area contributed by atoms with Crippen LogP contribution in [0.25, 0.3) is 0 Å². The second-order valence-electron chi connectivity index (χ2n) is 6.86. The highest BCUT2D eigenvalue weighted by Gasteiger charge is 2.46. The summed E-state index contributed by atoms with van der Waals surface area (Å²) in [6.45, 7) is 11.4. The molecule has 1 heterocycles. The molecule has 2 nitrogen and oxygen atoms in total. The molecule has 112 valence electrons. The summed E-state index contributed by atoms with van der Waals surface area (Å²) in [5.74, 6) is 0.890. The lowest BCUT2D eigenvalue weighted by Crippen LogP contribution is -2.41. The predicted octanol–water partition coefficient (Wildman–Crippen LogP) is 4.35. The average Bonchev–Trinajstić information content (AvgIpc) is 2.83. The topological polar surface area (TPSA) is 26.3 Å². The molecule has 0 aromatic heterocycles.